The summed E-state index contributed by atoms with van der Waals surface area (Å²) in [4.78, 5) is 0. The lowest BCUT2D eigenvalue weighted by Gasteiger charge is -2.05. The van der Waals surface area contributed by atoms with E-state index in [2.05, 4.69) is 11.2 Å². The monoisotopic (exact) mass is 217 g/mol. The Kier molecular flexibility index (Phi) is 2.44. The first-order chi connectivity index (χ1) is 7.24. The molecule has 0 aliphatic rings. The number of para-hydroxylation sites is 1. The predicted molar refractivity (Wildman–Crippen MR) is 58.0 cm³/mol. The Bertz CT molecular complexity index is 537. The number of halogens is 1. The molecule has 15 heavy (non-hydrogen) atoms. The lowest BCUT2D eigenvalue weighted by Crippen LogP contribution is -1.99. The maximum atomic E-state index is 8.81. The van der Waals surface area contributed by atoms with Gasteiger partial charge in [0.1, 0.15) is 6.07 Å². The summed E-state index contributed by atoms with van der Waals surface area (Å²) in [5.41, 5.74) is 2.15. The molecule has 2 rings (SSSR count). The summed E-state index contributed by atoms with van der Waals surface area (Å²) in [6.45, 7) is 1.84. The molecule has 0 saturated heterocycles. The van der Waals surface area contributed by atoms with E-state index >= 15 is 0 Å². The van der Waals surface area contributed by atoms with Crippen LogP contribution in [0.3, 0.4) is 0 Å². The summed E-state index contributed by atoms with van der Waals surface area (Å²) in [6, 6.07) is 9.48. The second-order valence-electron chi connectivity index (χ2n) is 3.12. The van der Waals surface area contributed by atoms with Gasteiger partial charge in [-0.25, -0.2) is 4.68 Å². The third-order valence-corrected chi connectivity index (χ3v) is 2.53. The van der Waals surface area contributed by atoms with Crippen molar-refractivity contribution in [2.24, 2.45) is 0 Å². The second-order valence-corrected chi connectivity index (χ2v) is 3.53. The molecule has 2 aromatic rings. The highest BCUT2D eigenvalue weighted by molar-refractivity contribution is 6.32. The molecule has 0 unspecified atom stereocenters. The van der Waals surface area contributed by atoms with Crippen molar-refractivity contribution in [3.05, 3.63) is 46.7 Å². The molecular formula is C11H8ClN3. The van der Waals surface area contributed by atoms with E-state index in [1.54, 1.807) is 16.9 Å². The fraction of sp³-hybridized carbons (Fsp3) is 0.0909. The van der Waals surface area contributed by atoms with E-state index in [-0.39, 0.29) is 0 Å². The van der Waals surface area contributed by atoms with E-state index in [0.717, 1.165) is 11.4 Å². The normalized spacial score (nSPS) is 9.93. The average molecular weight is 218 g/mol. The van der Waals surface area contributed by atoms with Crippen LogP contribution >= 0.6 is 11.6 Å². The fourth-order valence-electron chi connectivity index (χ4n) is 1.39. The first-order valence-electron chi connectivity index (χ1n) is 4.43. The molecule has 1 aromatic carbocycles. The topological polar surface area (TPSA) is 41.6 Å². The zero-order chi connectivity index (χ0) is 10.8. The minimum Gasteiger partial charge on any atom is -0.235 e. The second kappa shape index (κ2) is 3.76. The molecule has 0 fully saturated rings. The van der Waals surface area contributed by atoms with Crippen LogP contribution < -0.4 is 0 Å². The highest BCUT2D eigenvalue weighted by Gasteiger charge is 2.09. The number of hydrogen-bond acceptors (Lipinski definition) is 2. The molecule has 0 N–H and O–H groups in total. The van der Waals surface area contributed by atoms with Gasteiger partial charge in [-0.2, -0.15) is 10.4 Å². The molecule has 0 spiro atoms. The third kappa shape index (κ3) is 1.60. The molecule has 0 radical (unpaired) electrons. The summed E-state index contributed by atoms with van der Waals surface area (Å²) in [6.07, 6.45) is 1.54. The summed E-state index contributed by atoms with van der Waals surface area (Å²) >= 11 is 6.04. The highest BCUT2D eigenvalue weighted by Crippen LogP contribution is 2.21. The largest absolute Gasteiger partial charge is 0.235 e. The Balaban J connectivity index is 2.61. The summed E-state index contributed by atoms with van der Waals surface area (Å²) in [7, 11) is 0. The van der Waals surface area contributed by atoms with Gasteiger partial charge < -0.3 is 0 Å². The van der Waals surface area contributed by atoms with Crippen molar-refractivity contribution in [3.63, 3.8) is 0 Å². The van der Waals surface area contributed by atoms with Crippen molar-refractivity contribution in [3.8, 4) is 11.8 Å². The molecule has 1 heterocycles. The zero-order valence-corrected chi connectivity index (χ0v) is 8.86. The van der Waals surface area contributed by atoms with Crippen LogP contribution in [0.25, 0.3) is 5.69 Å². The van der Waals surface area contributed by atoms with E-state index in [0.29, 0.717) is 10.6 Å². The lowest BCUT2D eigenvalue weighted by molar-refractivity contribution is 0.847. The van der Waals surface area contributed by atoms with Gasteiger partial charge in [0.05, 0.1) is 28.2 Å². The Hall–Kier alpha value is -1.79. The minimum atomic E-state index is 0.565. The van der Waals surface area contributed by atoms with Crippen molar-refractivity contribution in [2.75, 3.05) is 0 Å². The van der Waals surface area contributed by atoms with Gasteiger partial charge in [0.15, 0.2) is 0 Å². The van der Waals surface area contributed by atoms with Gasteiger partial charge in [-0.05, 0) is 19.1 Å². The minimum absolute atomic E-state index is 0.565. The van der Waals surface area contributed by atoms with Crippen molar-refractivity contribution in [1.29, 1.82) is 5.26 Å². The maximum absolute atomic E-state index is 8.81. The van der Waals surface area contributed by atoms with Gasteiger partial charge in [0.2, 0.25) is 0 Å². The van der Waals surface area contributed by atoms with Crippen LogP contribution in [0, 0.1) is 18.3 Å². The van der Waals surface area contributed by atoms with Crippen LogP contribution in [0.4, 0.5) is 0 Å². The molecule has 1 aromatic heterocycles. The zero-order valence-electron chi connectivity index (χ0n) is 8.11. The Labute approximate surface area is 92.5 Å². The van der Waals surface area contributed by atoms with Crippen LogP contribution in [0.1, 0.15) is 11.3 Å². The first kappa shape index (κ1) is 9.75. The third-order valence-electron chi connectivity index (χ3n) is 2.21. The van der Waals surface area contributed by atoms with Crippen molar-refractivity contribution in [1.82, 2.24) is 9.78 Å². The predicted octanol–water partition coefficient (Wildman–Crippen LogP) is 2.71. The standard InChI is InChI=1S/C11H8ClN3/c1-8-9(6-13)7-14-15(8)11-5-3-2-4-10(11)12/h2-5,7H,1H3. The van der Waals surface area contributed by atoms with E-state index in [4.69, 9.17) is 16.9 Å². The van der Waals surface area contributed by atoms with Gasteiger partial charge in [0.25, 0.3) is 0 Å². The molecule has 0 amide bonds. The highest BCUT2D eigenvalue weighted by atomic mass is 35.5. The van der Waals surface area contributed by atoms with Crippen molar-refractivity contribution >= 4 is 11.6 Å². The SMILES string of the molecule is Cc1c(C#N)cnn1-c1ccccc1Cl. The average Bonchev–Trinajstić information content (AvgIpc) is 2.60. The number of nitriles is 1. The van der Waals surface area contributed by atoms with Gasteiger partial charge in [-0.3, -0.25) is 0 Å². The molecular weight excluding hydrogens is 210 g/mol. The molecule has 0 aliphatic heterocycles. The Morgan fingerprint density at radius 3 is 2.73 bits per heavy atom. The van der Waals surface area contributed by atoms with Crippen molar-refractivity contribution in [2.45, 2.75) is 6.92 Å². The van der Waals surface area contributed by atoms with E-state index < -0.39 is 0 Å². The summed E-state index contributed by atoms with van der Waals surface area (Å²) in [5, 5.41) is 13.6. The molecule has 0 bridgehead atoms. The number of hydrogen-bond donors (Lipinski definition) is 0. The van der Waals surface area contributed by atoms with Gasteiger partial charge in [-0.1, -0.05) is 23.7 Å². The van der Waals surface area contributed by atoms with Crippen LogP contribution in [-0.4, -0.2) is 9.78 Å². The molecule has 0 aliphatic carbocycles. The van der Waals surface area contributed by atoms with Crippen molar-refractivity contribution < 1.29 is 0 Å². The number of nitrogens with zero attached hydrogens (tertiary/aromatic N) is 3. The summed E-state index contributed by atoms with van der Waals surface area (Å²) < 4.78 is 1.67. The van der Waals surface area contributed by atoms with Crippen LogP contribution in [0.5, 0.6) is 0 Å². The Morgan fingerprint density at radius 1 is 1.40 bits per heavy atom. The first-order valence-corrected chi connectivity index (χ1v) is 4.81. The lowest BCUT2D eigenvalue weighted by atomic mass is 10.2. The van der Waals surface area contributed by atoms with Crippen LogP contribution in [0.15, 0.2) is 30.5 Å². The summed E-state index contributed by atoms with van der Waals surface area (Å²) in [5.74, 6) is 0. The van der Waals surface area contributed by atoms with Gasteiger partial charge in [-0.15, -0.1) is 0 Å². The molecule has 0 atom stereocenters. The van der Waals surface area contributed by atoms with Gasteiger partial charge >= 0.3 is 0 Å². The number of rotatable bonds is 1. The van der Waals surface area contributed by atoms with Crippen LogP contribution in [-0.2, 0) is 0 Å². The van der Waals surface area contributed by atoms with E-state index in [1.165, 1.54) is 0 Å². The van der Waals surface area contributed by atoms with Gasteiger partial charge in [0, 0.05) is 0 Å². The number of benzene rings is 1. The smallest absolute Gasteiger partial charge is 0.103 e. The molecule has 0 saturated carbocycles. The Morgan fingerprint density at radius 2 is 2.13 bits per heavy atom. The number of aromatic nitrogens is 2. The molecule has 3 nitrogen and oxygen atoms in total. The quantitative estimate of drug-likeness (QED) is 0.737. The van der Waals surface area contributed by atoms with E-state index in [1.807, 2.05) is 25.1 Å². The fourth-order valence-corrected chi connectivity index (χ4v) is 1.60. The van der Waals surface area contributed by atoms with Crippen LogP contribution in [0.2, 0.25) is 5.02 Å². The molecule has 74 valence electrons. The van der Waals surface area contributed by atoms with E-state index in [9.17, 15) is 0 Å². The molecule has 4 heteroatoms. The maximum Gasteiger partial charge on any atom is 0.103 e.